The maximum Gasteiger partial charge on any atom is 0.166 e. The van der Waals surface area contributed by atoms with Crippen molar-refractivity contribution in [3.8, 4) is 11.5 Å². The van der Waals surface area contributed by atoms with Crippen molar-refractivity contribution < 1.29 is 9.13 Å². The second-order valence-electron chi connectivity index (χ2n) is 3.94. The van der Waals surface area contributed by atoms with E-state index < -0.39 is 0 Å². The van der Waals surface area contributed by atoms with Gasteiger partial charge in [-0.25, -0.2) is 4.39 Å². The Kier molecular flexibility index (Phi) is 3.95. The lowest BCUT2D eigenvalue weighted by atomic mass is 10.0. The van der Waals surface area contributed by atoms with Crippen LogP contribution in [-0.4, -0.2) is 7.05 Å². The number of fused-ring (bicyclic) bond motifs is 2. The average Bonchev–Trinajstić information content (AvgIpc) is 2.62. The molecule has 94 valence electrons. The largest absolute Gasteiger partial charge is 0.454 e. The highest BCUT2D eigenvalue weighted by atomic mass is 19.1. The molecule has 1 heterocycles. The molecule has 0 aliphatic carbocycles. The Bertz CT molecular complexity index is 540. The summed E-state index contributed by atoms with van der Waals surface area (Å²) in [4.78, 5) is 0. The van der Waals surface area contributed by atoms with Crippen LogP contribution in [0, 0.1) is 5.82 Å². The van der Waals surface area contributed by atoms with Gasteiger partial charge in [0, 0.05) is 0 Å². The number of ether oxygens (including phenoxy) is 1. The van der Waals surface area contributed by atoms with Gasteiger partial charge in [0.15, 0.2) is 11.6 Å². The fraction of sp³-hybridized carbons (Fsp3) is 0.200. The third-order valence-corrected chi connectivity index (χ3v) is 2.90. The SMILES string of the molecule is CN.Fc1cccc2c1Oc1ccccc1CC2. The second-order valence-corrected chi connectivity index (χ2v) is 3.94. The molecule has 18 heavy (non-hydrogen) atoms. The van der Waals surface area contributed by atoms with Gasteiger partial charge in [-0.1, -0.05) is 30.3 Å². The predicted molar refractivity (Wildman–Crippen MR) is 70.4 cm³/mol. The van der Waals surface area contributed by atoms with Crippen molar-refractivity contribution in [2.24, 2.45) is 5.73 Å². The molecular formula is C15H16FNO. The third kappa shape index (κ3) is 2.36. The Hall–Kier alpha value is -1.87. The number of benzene rings is 2. The van der Waals surface area contributed by atoms with E-state index in [0.29, 0.717) is 5.75 Å². The summed E-state index contributed by atoms with van der Waals surface area (Å²) >= 11 is 0. The van der Waals surface area contributed by atoms with E-state index in [1.807, 2.05) is 30.3 Å². The highest BCUT2D eigenvalue weighted by molar-refractivity contribution is 5.45. The van der Waals surface area contributed by atoms with E-state index in [4.69, 9.17) is 4.74 Å². The van der Waals surface area contributed by atoms with Crippen LogP contribution in [-0.2, 0) is 12.8 Å². The van der Waals surface area contributed by atoms with Crippen LogP contribution < -0.4 is 10.5 Å². The van der Waals surface area contributed by atoms with Crippen LogP contribution in [0.1, 0.15) is 11.1 Å². The molecule has 0 atom stereocenters. The standard InChI is InChI=1S/C14H11FO.CH5N/c15-12-6-3-5-11-9-8-10-4-1-2-7-13(10)16-14(11)12;1-2/h1-7H,8-9H2;2H2,1H3. The number of halogens is 1. The highest BCUT2D eigenvalue weighted by Crippen LogP contribution is 2.34. The van der Waals surface area contributed by atoms with Crippen LogP contribution in [0.5, 0.6) is 11.5 Å². The number of para-hydroxylation sites is 2. The van der Waals surface area contributed by atoms with Crippen LogP contribution in [0.3, 0.4) is 0 Å². The van der Waals surface area contributed by atoms with Gasteiger partial charge >= 0.3 is 0 Å². The zero-order chi connectivity index (χ0) is 13.0. The van der Waals surface area contributed by atoms with Gasteiger partial charge in [-0.2, -0.15) is 0 Å². The molecule has 2 aromatic carbocycles. The highest BCUT2D eigenvalue weighted by Gasteiger charge is 2.16. The summed E-state index contributed by atoms with van der Waals surface area (Å²) in [5.74, 6) is 0.869. The molecule has 0 bridgehead atoms. The van der Waals surface area contributed by atoms with E-state index in [-0.39, 0.29) is 5.82 Å². The quantitative estimate of drug-likeness (QED) is 0.773. The first-order valence-electron chi connectivity index (χ1n) is 5.95. The Labute approximate surface area is 106 Å². The maximum atomic E-state index is 13.6. The molecule has 0 fully saturated rings. The van der Waals surface area contributed by atoms with Crippen molar-refractivity contribution in [2.75, 3.05) is 7.05 Å². The molecule has 0 unspecified atom stereocenters. The van der Waals surface area contributed by atoms with Gasteiger partial charge in [0.1, 0.15) is 5.75 Å². The van der Waals surface area contributed by atoms with Gasteiger partial charge in [0.2, 0.25) is 0 Å². The third-order valence-electron chi connectivity index (χ3n) is 2.90. The van der Waals surface area contributed by atoms with Crippen molar-refractivity contribution in [3.63, 3.8) is 0 Å². The van der Waals surface area contributed by atoms with Gasteiger partial charge in [-0.05, 0) is 43.1 Å². The molecule has 1 aliphatic rings. The molecule has 2 nitrogen and oxygen atoms in total. The van der Waals surface area contributed by atoms with Crippen molar-refractivity contribution in [1.82, 2.24) is 0 Å². The van der Waals surface area contributed by atoms with Gasteiger partial charge < -0.3 is 10.5 Å². The average molecular weight is 245 g/mol. The van der Waals surface area contributed by atoms with Crippen LogP contribution >= 0.6 is 0 Å². The molecule has 0 radical (unpaired) electrons. The zero-order valence-electron chi connectivity index (χ0n) is 10.3. The van der Waals surface area contributed by atoms with Gasteiger partial charge in [-0.15, -0.1) is 0 Å². The lowest BCUT2D eigenvalue weighted by Gasteiger charge is -2.08. The molecule has 0 saturated carbocycles. The Balaban J connectivity index is 0.000000574. The van der Waals surface area contributed by atoms with Gasteiger partial charge in [0.25, 0.3) is 0 Å². The first-order valence-corrected chi connectivity index (χ1v) is 5.95. The fourth-order valence-electron chi connectivity index (χ4n) is 2.05. The Morgan fingerprint density at radius 1 is 0.944 bits per heavy atom. The van der Waals surface area contributed by atoms with Crippen molar-refractivity contribution >= 4 is 0 Å². The minimum atomic E-state index is -0.283. The molecule has 3 heteroatoms. The van der Waals surface area contributed by atoms with E-state index in [0.717, 1.165) is 29.7 Å². The van der Waals surface area contributed by atoms with Crippen LogP contribution in [0.2, 0.25) is 0 Å². The number of hydrogen-bond acceptors (Lipinski definition) is 2. The van der Waals surface area contributed by atoms with Gasteiger partial charge in [-0.3, -0.25) is 0 Å². The smallest absolute Gasteiger partial charge is 0.166 e. The second kappa shape index (κ2) is 5.65. The molecule has 0 saturated heterocycles. The first kappa shape index (κ1) is 12.6. The topological polar surface area (TPSA) is 35.2 Å². The molecule has 2 aromatic rings. The van der Waals surface area contributed by atoms with Crippen molar-refractivity contribution in [2.45, 2.75) is 12.8 Å². The monoisotopic (exact) mass is 245 g/mol. The van der Waals surface area contributed by atoms with Gasteiger partial charge in [0.05, 0.1) is 0 Å². The first-order chi connectivity index (χ1) is 8.84. The lowest BCUT2D eigenvalue weighted by molar-refractivity contribution is 0.439. The summed E-state index contributed by atoms with van der Waals surface area (Å²) in [5.41, 5.74) is 6.58. The Morgan fingerprint density at radius 3 is 2.44 bits per heavy atom. The fourth-order valence-corrected chi connectivity index (χ4v) is 2.05. The number of nitrogens with two attached hydrogens (primary N) is 1. The summed E-state index contributed by atoms with van der Waals surface area (Å²) in [6.07, 6.45) is 1.72. The summed E-state index contributed by atoms with van der Waals surface area (Å²) < 4.78 is 19.3. The summed E-state index contributed by atoms with van der Waals surface area (Å²) in [6.45, 7) is 0. The number of hydrogen-bond donors (Lipinski definition) is 1. The predicted octanol–water partition coefficient (Wildman–Crippen LogP) is 3.29. The van der Waals surface area contributed by atoms with E-state index in [1.165, 1.54) is 13.1 Å². The molecule has 3 rings (SSSR count). The van der Waals surface area contributed by atoms with E-state index >= 15 is 0 Å². The van der Waals surface area contributed by atoms with E-state index in [2.05, 4.69) is 5.73 Å². The molecular weight excluding hydrogens is 229 g/mol. The minimum Gasteiger partial charge on any atom is -0.454 e. The minimum absolute atomic E-state index is 0.283. The molecule has 0 spiro atoms. The van der Waals surface area contributed by atoms with E-state index in [9.17, 15) is 4.39 Å². The molecule has 0 aromatic heterocycles. The number of aryl methyl sites for hydroxylation is 2. The normalized spacial score (nSPS) is 12.2. The molecule has 2 N–H and O–H groups in total. The summed E-state index contributed by atoms with van der Waals surface area (Å²) in [5, 5.41) is 0. The molecule has 0 amide bonds. The van der Waals surface area contributed by atoms with Crippen molar-refractivity contribution in [1.29, 1.82) is 0 Å². The van der Waals surface area contributed by atoms with Crippen LogP contribution in [0.25, 0.3) is 0 Å². The summed E-state index contributed by atoms with van der Waals surface area (Å²) in [6, 6.07) is 12.9. The van der Waals surface area contributed by atoms with E-state index in [1.54, 1.807) is 6.07 Å². The summed E-state index contributed by atoms with van der Waals surface area (Å²) in [7, 11) is 1.50. The van der Waals surface area contributed by atoms with Crippen LogP contribution in [0.15, 0.2) is 42.5 Å². The number of rotatable bonds is 0. The lowest BCUT2D eigenvalue weighted by Crippen LogP contribution is -1.91. The maximum absolute atomic E-state index is 13.6. The zero-order valence-corrected chi connectivity index (χ0v) is 10.3. The van der Waals surface area contributed by atoms with Crippen LogP contribution in [0.4, 0.5) is 4.39 Å². The molecule has 1 aliphatic heterocycles. The van der Waals surface area contributed by atoms with Crippen molar-refractivity contribution in [3.05, 3.63) is 59.4 Å². The Morgan fingerprint density at radius 2 is 1.61 bits per heavy atom.